The van der Waals surface area contributed by atoms with Gasteiger partial charge in [0.2, 0.25) is 0 Å². The number of hydrogen-bond acceptors (Lipinski definition) is 2. The first kappa shape index (κ1) is 11.0. The first-order valence-corrected chi connectivity index (χ1v) is 5.32. The number of ether oxygens (including phenoxy) is 1. The van der Waals surface area contributed by atoms with Crippen molar-refractivity contribution < 1.29 is 9.84 Å². The zero-order valence-electron chi connectivity index (χ0n) is 9.21. The van der Waals surface area contributed by atoms with Gasteiger partial charge < -0.3 is 9.84 Å². The van der Waals surface area contributed by atoms with E-state index in [0.29, 0.717) is 6.10 Å². The summed E-state index contributed by atoms with van der Waals surface area (Å²) < 4.78 is 5.85. The Labute approximate surface area is 81.3 Å². The summed E-state index contributed by atoms with van der Waals surface area (Å²) >= 11 is 0. The molecule has 1 saturated carbocycles. The van der Waals surface area contributed by atoms with Crippen LogP contribution in [0.1, 0.15) is 47.0 Å². The monoisotopic (exact) mass is 186 g/mol. The Hall–Kier alpha value is -0.0800. The Bertz CT molecular complexity index is 165. The van der Waals surface area contributed by atoms with Gasteiger partial charge in [-0.2, -0.15) is 0 Å². The van der Waals surface area contributed by atoms with Crippen molar-refractivity contribution in [3.63, 3.8) is 0 Å². The number of rotatable bonds is 4. The van der Waals surface area contributed by atoms with Crippen LogP contribution in [0.3, 0.4) is 0 Å². The molecular formula is C11H22O2. The molecule has 0 amide bonds. The van der Waals surface area contributed by atoms with Gasteiger partial charge in [0.15, 0.2) is 0 Å². The normalized spacial score (nSPS) is 33.9. The zero-order chi connectivity index (χ0) is 10.1. The van der Waals surface area contributed by atoms with E-state index in [1.165, 1.54) is 0 Å². The lowest BCUT2D eigenvalue weighted by Crippen LogP contribution is -2.55. The molecule has 3 atom stereocenters. The van der Waals surface area contributed by atoms with E-state index in [4.69, 9.17) is 4.74 Å². The van der Waals surface area contributed by atoms with Gasteiger partial charge in [-0.3, -0.25) is 0 Å². The average molecular weight is 186 g/mol. The van der Waals surface area contributed by atoms with Crippen molar-refractivity contribution in [3.8, 4) is 0 Å². The average Bonchev–Trinajstić information content (AvgIpc) is 2.04. The van der Waals surface area contributed by atoms with E-state index in [1.54, 1.807) is 0 Å². The Morgan fingerprint density at radius 2 is 2.15 bits per heavy atom. The smallest absolute Gasteiger partial charge is 0.0679 e. The molecule has 0 radical (unpaired) electrons. The second-order valence-corrected chi connectivity index (χ2v) is 4.80. The van der Waals surface area contributed by atoms with Crippen molar-refractivity contribution in [2.45, 2.75) is 65.3 Å². The molecule has 1 N–H and O–H groups in total. The first-order valence-electron chi connectivity index (χ1n) is 5.32. The molecular weight excluding hydrogens is 164 g/mol. The van der Waals surface area contributed by atoms with Crippen molar-refractivity contribution >= 4 is 0 Å². The lowest BCUT2D eigenvalue weighted by Gasteiger charge is -2.49. The second kappa shape index (κ2) is 3.97. The summed E-state index contributed by atoms with van der Waals surface area (Å²) in [7, 11) is 0. The molecule has 3 unspecified atom stereocenters. The van der Waals surface area contributed by atoms with Crippen molar-refractivity contribution in [1.29, 1.82) is 0 Å². The van der Waals surface area contributed by atoms with Crippen LogP contribution in [-0.4, -0.2) is 23.4 Å². The highest BCUT2D eigenvalue weighted by Crippen LogP contribution is 2.43. The van der Waals surface area contributed by atoms with Gasteiger partial charge in [-0.25, -0.2) is 0 Å². The van der Waals surface area contributed by atoms with Gasteiger partial charge in [-0.05, 0) is 13.3 Å². The van der Waals surface area contributed by atoms with Gasteiger partial charge in [0.25, 0.3) is 0 Å². The third-order valence-electron chi connectivity index (χ3n) is 3.22. The fourth-order valence-corrected chi connectivity index (χ4v) is 1.85. The van der Waals surface area contributed by atoms with E-state index < -0.39 is 0 Å². The quantitative estimate of drug-likeness (QED) is 0.730. The van der Waals surface area contributed by atoms with Crippen molar-refractivity contribution in [2.24, 2.45) is 5.41 Å². The molecule has 13 heavy (non-hydrogen) atoms. The van der Waals surface area contributed by atoms with Gasteiger partial charge in [0.05, 0.1) is 18.3 Å². The molecule has 2 heteroatoms. The molecule has 1 aliphatic rings. The molecule has 0 saturated heterocycles. The molecule has 0 bridgehead atoms. The van der Waals surface area contributed by atoms with Crippen LogP contribution < -0.4 is 0 Å². The van der Waals surface area contributed by atoms with E-state index in [9.17, 15) is 5.11 Å². The summed E-state index contributed by atoms with van der Waals surface area (Å²) in [5, 5.41) is 9.51. The van der Waals surface area contributed by atoms with Crippen LogP contribution in [0.25, 0.3) is 0 Å². The van der Waals surface area contributed by atoms with Crippen LogP contribution in [-0.2, 0) is 4.74 Å². The lowest BCUT2D eigenvalue weighted by molar-refractivity contribution is -0.192. The SMILES string of the molecule is CCCC(C)OC1CC(O)C1(C)C. The van der Waals surface area contributed by atoms with Crippen LogP contribution in [0.5, 0.6) is 0 Å². The highest BCUT2D eigenvalue weighted by atomic mass is 16.5. The molecule has 78 valence electrons. The van der Waals surface area contributed by atoms with Crippen LogP contribution >= 0.6 is 0 Å². The largest absolute Gasteiger partial charge is 0.392 e. The third kappa shape index (κ3) is 2.23. The zero-order valence-corrected chi connectivity index (χ0v) is 9.21. The fraction of sp³-hybridized carbons (Fsp3) is 1.00. The Morgan fingerprint density at radius 1 is 1.54 bits per heavy atom. The molecule has 0 aromatic carbocycles. The highest BCUT2D eigenvalue weighted by Gasteiger charge is 2.48. The number of aliphatic hydroxyl groups excluding tert-OH is 1. The predicted molar refractivity (Wildman–Crippen MR) is 53.6 cm³/mol. The van der Waals surface area contributed by atoms with Crippen LogP contribution in [0, 0.1) is 5.41 Å². The van der Waals surface area contributed by atoms with Crippen molar-refractivity contribution in [1.82, 2.24) is 0 Å². The first-order chi connectivity index (χ1) is 5.98. The molecule has 0 aromatic rings. The second-order valence-electron chi connectivity index (χ2n) is 4.80. The van der Waals surface area contributed by atoms with E-state index in [0.717, 1.165) is 19.3 Å². The van der Waals surface area contributed by atoms with Crippen molar-refractivity contribution in [3.05, 3.63) is 0 Å². The van der Waals surface area contributed by atoms with Gasteiger partial charge >= 0.3 is 0 Å². The van der Waals surface area contributed by atoms with Gasteiger partial charge in [-0.15, -0.1) is 0 Å². The number of hydrogen-bond donors (Lipinski definition) is 1. The highest BCUT2D eigenvalue weighted by molar-refractivity contribution is 4.98. The van der Waals surface area contributed by atoms with Gasteiger partial charge in [-0.1, -0.05) is 27.2 Å². The number of aliphatic hydroxyl groups is 1. The standard InChI is InChI=1S/C11H22O2/c1-5-6-8(2)13-10-7-9(12)11(10,3)4/h8-10,12H,5-7H2,1-4H3. The molecule has 1 rings (SSSR count). The summed E-state index contributed by atoms with van der Waals surface area (Å²) in [6, 6.07) is 0. The minimum atomic E-state index is -0.175. The van der Waals surface area contributed by atoms with Crippen LogP contribution in [0.15, 0.2) is 0 Å². The maximum absolute atomic E-state index is 9.51. The summed E-state index contributed by atoms with van der Waals surface area (Å²) in [6.45, 7) is 8.43. The molecule has 1 fully saturated rings. The molecule has 0 aliphatic heterocycles. The minimum Gasteiger partial charge on any atom is -0.392 e. The third-order valence-corrected chi connectivity index (χ3v) is 3.22. The summed E-state index contributed by atoms with van der Waals surface area (Å²) in [5.74, 6) is 0. The molecule has 0 aromatic heterocycles. The maximum Gasteiger partial charge on any atom is 0.0679 e. The Kier molecular flexibility index (Phi) is 3.36. The fourth-order valence-electron chi connectivity index (χ4n) is 1.85. The van der Waals surface area contributed by atoms with Crippen molar-refractivity contribution in [2.75, 3.05) is 0 Å². The van der Waals surface area contributed by atoms with E-state index >= 15 is 0 Å². The predicted octanol–water partition coefficient (Wildman–Crippen LogP) is 2.35. The van der Waals surface area contributed by atoms with Crippen LogP contribution in [0.2, 0.25) is 0 Å². The Morgan fingerprint density at radius 3 is 2.54 bits per heavy atom. The minimum absolute atomic E-state index is 0.0397. The molecule has 2 nitrogen and oxygen atoms in total. The lowest BCUT2D eigenvalue weighted by atomic mass is 9.66. The summed E-state index contributed by atoms with van der Waals surface area (Å²) in [4.78, 5) is 0. The maximum atomic E-state index is 9.51. The van der Waals surface area contributed by atoms with Gasteiger partial charge in [0, 0.05) is 11.8 Å². The Balaban J connectivity index is 2.31. The van der Waals surface area contributed by atoms with E-state index in [-0.39, 0.29) is 17.6 Å². The molecule has 0 spiro atoms. The molecule has 1 aliphatic carbocycles. The topological polar surface area (TPSA) is 29.5 Å². The van der Waals surface area contributed by atoms with E-state index in [2.05, 4.69) is 27.7 Å². The summed E-state index contributed by atoms with van der Waals surface area (Å²) in [5.41, 5.74) is -0.0397. The molecule has 0 heterocycles. The van der Waals surface area contributed by atoms with E-state index in [1.807, 2.05) is 0 Å². The summed E-state index contributed by atoms with van der Waals surface area (Å²) in [6.07, 6.45) is 3.50. The van der Waals surface area contributed by atoms with Gasteiger partial charge in [0.1, 0.15) is 0 Å². The van der Waals surface area contributed by atoms with Crippen LogP contribution in [0.4, 0.5) is 0 Å².